The Balaban J connectivity index is 3.82. The van der Waals surface area contributed by atoms with Gasteiger partial charge in [0, 0.05) is 6.54 Å². The molecule has 0 bridgehead atoms. The lowest BCUT2D eigenvalue weighted by Crippen LogP contribution is -2.60. The predicted molar refractivity (Wildman–Crippen MR) is 50.3 cm³/mol. The minimum atomic E-state index is -1.42. The number of hydrogen-bond acceptors (Lipinski definition) is 4. The Labute approximate surface area is 74.3 Å². The molecule has 4 nitrogen and oxygen atoms in total. The van der Waals surface area contributed by atoms with Gasteiger partial charge in [-0.1, -0.05) is 20.8 Å². The van der Waals surface area contributed by atoms with E-state index in [2.05, 4.69) is 26.1 Å². The summed E-state index contributed by atoms with van der Waals surface area (Å²) < 4.78 is 0. The standard InChI is InChI=1S/C8H21N3O/c1-4-7(2,3)6-11-8(10,12)5-9/h11-12H,4-6,9-10H2,1-3H3. The molecule has 6 N–H and O–H groups in total. The molecular formula is C8H21N3O. The Morgan fingerprint density at radius 3 is 2.25 bits per heavy atom. The molecule has 0 fully saturated rings. The van der Waals surface area contributed by atoms with E-state index in [1.165, 1.54) is 0 Å². The molecule has 0 radical (unpaired) electrons. The van der Waals surface area contributed by atoms with Crippen molar-refractivity contribution in [3.63, 3.8) is 0 Å². The first kappa shape index (κ1) is 11.8. The average Bonchev–Trinajstić information content (AvgIpc) is 2.02. The number of rotatable bonds is 5. The highest BCUT2D eigenvalue weighted by molar-refractivity contribution is 4.75. The summed E-state index contributed by atoms with van der Waals surface area (Å²) >= 11 is 0. The van der Waals surface area contributed by atoms with Crippen molar-refractivity contribution in [2.45, 2.75) is 33.0 Å². The summed E-state index contributed by atoms with van der Waals surface area (Å²) in [5.74, 6) is -1.42. The van der Waals surface area contributed by atoms with Gasteiger partial charge in [0.1, 0.15) is 0 Å². The van der Waals surface area contributed by atoms with Crippen molar-refractivity contribution < 1.29 is 5.11 Å². The average molecular weight is 175 g/mol. The maximum absolute atomic E-state index is 9.32. The van der Waals surface area contributed by atoms with Crippen LogP contribution in [-0.4, -0.2) is 24.0 Å². The quantitative estimate of drug-likeness (QED) is 0.427. The molecule has 74 valence electrons. The van der Waals surface area contributed by atoms with Crippen LogP contribution in [0.1, 0.15) is 27.2 Å². The van der Waals surface area contributed by atoms with E-state index >= 15 is 0 Å². The third kappa shape index (κ3) is 4.66. The summed E-state index contributed by atoms with van der Waals surface area (Å²) in [7, 11) is 0. The second-order valence-corrected chi connectivity index (χ2v) is 4.00. The minimum Gasteiger partial charge on any atom is -0.362 e. The third-order valence-corrected chi connectivity index (χ3v) is 2.14. The van der Waals surface area contributed by atoms with E-state index in [0.29, 0.717) is 6.54 Å². The summed E-state index contributed by atoms with van der Waals surface area (Å²) in [6.45, 7) is 6.99. The summed E-state index contributed by atoms with van der Waals surface area (Å²) in [5, 5.41) is 12.1. The van der Waals surface area contributed by atoms with Gasteiger partial charge in [-0.25, -0.2) is 0 Å². The minimum absolute atomic E-state index is 0.0206. The second kappa shape index (κ2) is 4.18. The van der Waals surface area contributed by atoms with Gasteiger partial charge in [0.15, 0.2) is 5.85 Å². The molecule has 0 aliphatic carbocycles. The molecule has 0 saturated carbocycles. The molecule has 0 rings (SSSR count). The van der Waals surface area contributed by atoms with Crippen molar-refractivity contribution in [2.24, 2.45) is 16.9 Å². The SMILES string of the molecule is CCC(C)(C)CNC(N)(O)CN. The highest BCUT2D eigenvalue weighted by Gasteiger charge is 2.22. The highest BCUT2D eigenvalue weighted by atomic mass is 16.3. The first-order valence-electron chi connectivity index (χ1n) is 4.29. The number of nitrogens with one attached hydrogen (secondary N) is 1. The van der Waals surface area contributed by atoms with Crippen LogP contribution in [0.5, 0.6) is 0 Å². The van der Waals surface area contributed by atoms with Gasteiger partial charge in [-0.15, -0.1) is 0 Å². The summed E-state index contributed by atoms with van der Waals surface area (Å²) in [6, 6.07) is 0. The van der Waals surface area contributed by atoms with E-state index in [0.717, 1.165) is 6.42 Å². The smallest absolute Gasteiger partial charge is 0.182 e. The third-order valence-electron chi connectivity index (χ3n) is 2.14. The van der Waals surface area contributed by atoms with E-state index in [9.17, 15) is 5.11 Å². The Morgan fingerprint density at radius 1 is 1.42 bits per heavy atom. The fourth-order valence-corrected chi connectivity index (χ4v) is 0.590. The van der Waals surface area contributed by atoms with Crippen molar-refractivity contribution in [3.05, 3.63) is 0 Å². The molecule has 1 unspecified atom stereocenters. The molecule has 1 atom stereocenters. The summed E-state index contributed by atoms with van der Waals surface area (Å²) in [5.41, 5.74) is 10.8. The van der Waals surface area contributed by atoms with E-state index in [1.54, 1.807) is 0 Å². The van der Waals surface area contributed by atoms with Crippen molar-refractivity contribution in [2.75, 3.05) is 13.1 Å². The maximum Gasteiger partial charge on any atom is 0.182 e. The van der Waals surface area contributed by atoms with Crippen LogP contribution in [0.15, 0.2) is 0 Å². The van der Waals surface area contributed by atoms with Gasteiger partial charge in [-0.2, -0.15) is 0 Å². The molecule has 4 heteroatoms. The number of nitrogens with two attached hydrogens (primary N) is 2. The Hall–Kier alpha value is -0.160. The second-order valence-electron chi connectivity index (χ2n) is 4.00. The van der Waals surface area contributed by atoms with Gasteiger partial charge < -0.3 is 10.8 Å². The van der Waals surface area contributed by atoms with Crippen molar-refractivity contribution >= 4 is 0 Å². The van der Waals surface area contributed by atoms with E-state index in [-0.39, 0.29) is 12.0 Å². The maximum atomic E-state index is 9.32. The zero-order valence-corrected chi connectivity index (χ0v) is 8.22. The van der Waals surface area contributed by atoms with Gasteiger partial charge in [-0.05, 0) is 11.8 Å². The Morgan fingerprint density at radius 2 is 1.92 bits per heavy atom. The van der Waals surface area contributed by atoms with Gasteiger partial charge in [0.05, 0.1) is 6.54 Å². The monoisotopic (exact) mass is 175 g/mol. The number of hydrogen-bond donors (Lipinski definition) is 4. The zero-order valence-electron chi connectivity index (χ0n) is 8.22. The molecule has 0 aliphatic rings. The molecule has 0 aromatic rings. The first-order chi connectivity index (χ1) is 5.33. The lowest BCUT2D eigenvalue weighted by Gasteiger charge is -2.29. The van der Waals surface area contributed by atoms with Crippen LogP contribution in [-0.2, 0) is 0 Å². The van der Waals surface area contributed by atoms with E-state index in [4.69, 9.17) is 11.5 Å². The van der Waals surface area contributed by atoms with Crippen LogP contribution in [0.25, 0.3) is 0 Å². The van der Waals surface area contributed by atoms with Crippen LogP contribution in [0.4, 0.5) is 0 Å². The molecule has 0 saturated heterocycles. The Kier molecular flexibility index (Phi) is 4.13. The molecule has 12 heavy (non-hydrogen) atoms. The molecule has 0 aliphatic heterocycles. The largest absolute Gasteiger partial charge is 0.362 e. The molecule has 0 spiro atoms. The molecule has 0 amide bonds. The van der Waals surface area contributed by atoms with Crippen molar-refractivity contribution in [1.82, 2.24) is 5.32 Å². The van der Waals surface area contributed by atoms with Crippen LogP contribution in [0.3, 0.4) is 0 Å². The topological polar surface area (TPSA) is 84.3 Å². The lowest BCUT2D eigenvalue weighted by atomic mass is 9.90. The van der Waals surface area contributed by atoms with Gasteiger partial charge in [0.25, 0.3) is 0 Å². The highest BCUT2D eigenvalue weighted by Crippen LogP contribution is 2.18. The molecular weight excluding hydrogens is 154 g/mol. The fourth-order valence-electron chi connectivity index (χ4n) is 0.590. The van der Waals surface area contributed by atoms with Crippen LogP contribution < -0.4 is 16.8 Å². The first-order valence-corrected chi connectivity index (χ1v) is 4.29. The predicted octanol–water partition coefficient (Wildman–Crippen LogP) is -0.424. The van der Waals surface area contributed by atoms with Gasteiger partial charge in [0.2, 0.25) is 0 Å². The van der Waals surface area contributed by atoms with Crippen LogP contribution >= 0.6 is 0 Å². The normalized spacial score (nSPS) is 17.5. The van der Waals surface area contributed by atoms with Crippen LogP contribution in [0, 0.1) is 5.41 Å². The van der Waals surface area contributed by atoms with Crippen LogP contribution in [0.2, 0.25) is 0 Å². The number of aliphatic hydroxyl groups is 1. The van der Waals surface area contributed by atoms with Gasteiger partial charge in [-0.3, -0.25) is 11.1 Å². The summed E-state index contributed by atoms with van der Waals surface area (Å²) in [6.07, 6.45) is 1.03. The lowest BCUT2D eigenvalue weighted by molar-refractivity contribution is 0.0109. The van der Waals surface area contributed by atoms with Crippen molar-refractivity contribution in [1.29, 1.82) is 0 Å². The van der Waals surface area contributed by atoms with Gasteiger partial charge >= 0.3 is 0 Å². The summed E-state index contributed by atoms with van der Waals surface area (Å²) in [4.78, 5) is 0. The van der Waals surface area contributed by atoms with E-state index in [1.807, 2.05) is 0 Å². The zero-order chi connectivity index (χ0) is 9.83. The molecule has 0 heterocycles. The fraction of sp³-hybridized carbons (Fsp3) is 1.00. The molecule has 0 aromatic carbocycles. The van der Waals surface area contributed by atoms with Crippen molar-refractivity contribution in [3.8, 4) is 0 Å². The Bertz CT molecular complexity index is 118. The molecule has 0 aromatic heterocycles. The van der Waals surface area contributed by atoms with E-state index < -0.39 is 5.85 Å².